The summed E-state index contributed by atoms with van der Waals surface area (Å²) in [7, 11) is 1.98. The van der Waals surface area contributed by atoms with E-state index in [1.807, 2.05) is 36.0 Å². The van der Waals surface area contributed by atoms with Crippen LogP contribution in [0, 0.1) is 5.92 Å². The summed E-state index contributed by atoms with van der Waals surface area (Å²) >= 11 is 0. The van der Waals surface area contributed by atoms with Gasteiger partial charge in [-0.15, -0.1) is 20.4 Å². The van der Waals surface area contributed by atoms with E-state index in [1.165, 1.54) is 6.42 Å². The average Bonchev–Trinajstić information content (AvgIpc) is 3.71. The Labute approximate surface area is 249 Å². The highest BCUT2D eigenvalue weighted by Gasteiger charge is 2.33. The molecule has 1 aromatic carbocycles. The number of nitrogens with zero attached hydrogens (tertiary/aromatic N) is 9. The quantitative estimate of drug-likeness (QED) is 0.261. The number of hydrogen-bond acceptors (Lipinski definition) is 6. The Bertz CT molecular complexity index is 1790. The van der Waals surface area contributed by atoms with Crippen molar-refractivity contribution in [1.82, 2.24) is 43.4 Å². The van der Waals surface area contributed by atoms with Crippen molar-refractivity contribution in [3.63, 3.8) is 0 Å². The van der Waals surface area contributed by atoms with E-state index in [0.29, 0.717) is 29.6 Å². The van der Waals surface area contributed by atoms with Crippen LogP contribution in [0.3, 0.4) is 0 Å². The fraction of sp³-hybridized carbons (Fsp3) is 0.469. The van der Waals surface area contributed by atoms with Gasteiger partial charge in [-0.3, -0.25) is 13.9 Å². The molecule has 43 heavy (non-hydrogen) atoms. The molecule has 1 aliphatic carbocycles. The first kappa shape index (κ1) is 27.7. The molecule has 0 N–H and O–H groups in total. The molecule has 2 aliphatic rings. The Kier molecular flexibility index (Phi) is 6.99. The Morgan fingerprint density at radius 1 is 1.02 bits per heavy atom. The molecule has 1 saturated carbocycles. The van der Waals surface area contributed by atoms with Crippen molar-refractivity contribution in [2.75, 3.05) is 13.1 Å². The number of benzene rings is 1. The largest absolute Gasteiger partial charge is 0.337 e. The summed E-state index contributed by atoms with van der Waals surface area (Å²) in [6.45, 7) is 5.54. The average molecular weight is 584 g/mol. The van der Waals surface area contributed by atoms with Gasteiger partial charge in [0.1, 0.15) is 30.5 Å². The zero-order valence-corrected chi connectivity index (χ0v) is 25.0. The van der Waals surface area contributed by atoms with Crippen LogP contribution in [0.1, 0.15) is 80.4 Å². The first-order valence-electron chi connectivity index (χ1n) is 15.2. The Morgan fingerprint density at radius 3 is 2.53 bits per heavy atom. The minimum Gasteiger partial charge on any atom is -0.320 e. The summed E-state index contributed by atoms with van der Waals surface area (Å²) in [6, 6.07) is 10.4. The molecule has 0 spiro atoms. The van der Waals surface area contributed by atoms with Crippen LogP contribution in [0.5, 0.6) is 0 Å². The third-order valence-electron chi connectivity index (χ3n) is 9.36. The first-order chi connectivity index (χ1) is 20.8. The predicted octanol–water partition coefficient (Wildman–Crippen LogP) is 4.78. The molecule has 0 amide bonds. The van der Waals surface area contributed by atoms with E-state index in [2.05, 4.69) is 42.0 Å². The van der Waals surface area contributed by atoms with Crippen LogP contribution in [0.15, 0.2) is 66.5 Å². The van der Waals surface area contributed by atoms with E-state index in [9.17, 15) is 4.79 Å². The SMILES string of the molecule is Cn1cnnc1[C@@H](c1cccc(-n2cc3c(C(C)(C)F)cc(CN4CCCC(n5cnnc5)C4)cn3c2=O)c1)C1CCC1. The van der Waals surface area contributed by atoms with Gasteiger partial charge in [0.15, 0.2) is 0 Å². The van der Waals surface area contributed by atoms with Gasteiger partial charge in [0.05, 0.1) is 11.2 Å². The number of aromatic nitrogens is 8. The highest BCUT2D eigenvalue weighted by molar-refractivity contribution is 5.59. The van der Waals surface area contributed by atoms with Crippen molar-refractivity contribution in [3.05, 3.63) is 94.7 Å². The van der Waals surface area contributed by atoms with Crippen molar-refractivity contribution >= 4 is 5.52 Å². The van der Waals surface area contributed by atoms with Gasteiger partial charge in [-0.2, -0.15) is 0 Å². The molecule has 1 saturated heterocycles. The molecule has 1 unspecified atom stereocenters. The first-order valence-corrected chi connectivity index (χ1v) is 15.2. The van der Waals surface area contributed by atoms with Crippen LogP contribution in [-0.4, -0.2) is 56.5 Å². The van der Waals surface area contributed by atoms with E-state index in [4.69, 9.17) is 0 Å². The molecule has 1 aliphatic heterocycles. The smallest absolute Gasteiger partial charge is 0.320 e. The molecule has 224 valence electrons. The van der Waals surface area contributed by atoms with Crippen molar-refractivity contribution in [2.45, 2.75) is 70.1 Å². The minimum absolute atomic E-state index is 0.104. The zero-order chi connectivity index (χ0) is 29.7. The number of hydrogen-bond donors (Lipinski definition) is 0. The van der Waals surface area contributed by atoms with Gasteiger partial charge < -0.3 is 9.13 Å². The van der Waals surface area contributed by atoms with Gasteiger partial charge in [0.2, 0.25) is 0 Å². The molecule has 11 heteroatoms. The minimum atomic E-state index is -1.63. The molecule has 2 atom stereocenters. The van der Waals surface area contributed by atoms with Gasteiger partial charge >= 0.3 is 5.69 Å². The summed E-state index contributed by atoms with van der Waals surface area (Å²) in [6.07, 6.45) is 14.6. The van der Waals surface area contributed by atoms with Crippen molar-refractivity contribution in [1.29, 1.82) is 0 Å². The zero-order valence-electron chi connectivity index (χ0n) is 25.0. The normalized spacial score (nSPS) is 19.1. The molecular weight excluding hydrogens is 545 g/mol. The summed E-state index contributed by atoms with van der Waals surface area (Å²) in [5, 5.41) is 16.5. The van der Waals surface area contributed by atoms with Crippen LogP contribution < -0.4 is 5.69 Å². The van der Waals surface area contributed by atoms with E-state index >= 15 is 4.39 Å². The molecule has 4 aromatic heterocycles. The van der Waals surface area contributed by atoms with Crippen LogP contribution in [-0.2, 0) is 19.3 Å². The molecule has 7 rings (SSSR count). The van der Waals surface area contributed by atoms with Gasteiger partial charge in [-0.1, -0.05) is 18.6 Å². The number of imidazole rings is 1. The third-order valence-corrected chi connectivity index (χ3v) is 9.36. The second kappa shape index (κ2) is 10.9. The fourth-order valence-electron chi connectivity index (χ4n) is 6.91. The van der Waals surface area contributed by atoms with Gasteiger partial charge in [-0.05, 0) is 81.3 Å². The topological polar surface area (TPSA) is 91.1 Å². The fourth-order valence-corrected chi connectivity index (χ4v) is 6.91. The highest BCUT2D eigenvalue weighted by atomic mass is 19.1. The van der Waals surface area contributed by atoms with E-state index in [-0.39, 0.29) is 11.6 Å². The lowest BCUT2D eigenvalue weighted by molar-refractivity contribution is 0.169. The van der Waals surface area contributed by atoms with Crippen LogP contribution >= 0.6 is 0 Å². The van der Waals surface area contributed by atoms with E-state index in [0.717, 1.165) is 61.4 Å². The lowest BCUT2D eigenvalue weighted by Gasteiger charge is -2.33. The summed E-state index contributed by atoms with van der Waals surface area (Å²) in [4.78, 5) is 16.3. The van der Waals surface area contributed by atoms with Gasteiger partial charge in [-0.25, -0.2) is 9.18 Å². The monoisotopic (exact) mass is 583 g/mol. The summed E-state index contributed by atoms with van der Waals surface area (Å²) in [5.74, 6) is 1.53. The number of likely N-dealkylation sites (tertiary alicyclic amines) is 1. The number of fused-ring (bicyclic) bond motifs is 1. The lowest BCUT2D eigenvalue weighted by atomic mass is 9.72. The Balaban J connectivity index is 1.25. The standard InChI is InChI=1S/C32H38FN9O/c1-32(2,33)27-13-22(15-39-12-6-11-26(17-39)40-20-34-35-21-40)16-42-28(27)18-41(31(42)43)25-10-5-9-24(14-25)29(23-7-4-8-23)30-37-36-19-38(30)3/h5,9-10,13-14,16,18-21,23,26,29H,4,6-8,11-12,15,17H2,1-3H3/t26?,29-/m1/s1. The van der Waals surface area contributed by atoms with Crippen LogP contribution in [0.25, 0.3) is 11.2 Å². The summed E-state index contributed by atoms with van der Waals surface area (Å²) in [5.41, 5.74) is 2.04. The van der Waals surface area contributed by atoms with E-state index in [1.54, 1.807) is 48.0 Å². The molecule has 5 aromatic rings. The Hall–Kier alpha value is -4.12. The third kappa shape index (κ3) is 5.20. The number of rotatable bonds is 8. The molecule has 0 radical (unpaired) electrons. The molecule has 10 nitrogen and oxygen atoms in total. The maximum atomic E-state index is 15.7. The van der Waals surface area contributed by atoms with Crippen molar-refractivity contribution in [3.8, 4) is 5.69 Å². The second-order valence-corrected chi connectivity index (χ2v) is 12.8. The number of aryl methyl sites for hydroxylation is 1. The molecule has 5 heterocycles. The van der Waals surface area contributed by atoms with Crippen molar-refractivity contribution in [2.24, 2.45) is 13.0 Å². The number of halogens is 1. The molecule has 0 bridgehead atoms. The Morgan fingerprint density at radius 2 is 1.84 bits per heavy atom. The highest BCUT2D eigenvalue weighted by Crippen LogP contribution is 2.43. The summed E-state index contributed by atoms with van der Waals surface area (Å²) < 4.78 is 23.0. The van der Waals surface area contributed by atoms with Gasteiger partial charge in [0.25, 0.3) is 0 Å². The second-order valence-electron chi connectivity index (χ2n) is 12.8. The predicted molar refractivity (Wildman–Crippen MR) is 161 cm³/mol. The maximum Gasteiger partial charge on any atom is 0.337 e. The molecular formula is C32H38FN9O. The van der Waals surface area contributed by atoms with E-state index < -0.39 is 5.67 Å². The molecule has 2 fully saturated rings. The van der Waals surface area contributed by atoms with Crippen molar-refractivity contribution < 1.29 is 4.39 Å². The van der Waals surface area contributed by atoms with Crippen LogP contribution in [0.4, 0.5) is 4.39 Å². The van der Waals surface area contributed by atoms with Crippen LogP contribution in [0.2, 0.25) is 0 Å². The maximum absolute atomic E-state index is 15.7. The number of piperidine rings is 1. The number of pyridine rings is 1. The van der Waals surface area contributed by atoms with Gasteiger partial charge in [0, 0.05) is 50.1 Å². The number of alkyl halides is 1. The lowest BCUT2D eigenvalue weighted by Crippen LogP contribution is -2.36.